The van der Waals surface area contributed by atoms with E-state index in [4.69, 9.17) is 14.6 Å². The Morgan fingerprint density at radius 1 is 0.897 bits per heavy atom. The number of nitrogens with zero attached hydrogens (tertiary/aromatic N) is 1. The fourth-order valence-corrected chi connectivity index (χ4v) is 4.14. The maximum Gasteiger partial charge on any atom is 0.407 e. The first-order valence-electron chi connectivity index (χ1n) is 12.8. The van der Waals surface area contributed by atoms with Gasteiger partial charge in [0.05, 0.1) is 0 Å². The Kier molecular flexibility index (Phi) is 11.3. The van der Waals surface area contributed by atoms with Crippen molar-refractivity contribution in [1.82, 2.24) is 15.5 Å². The lowest BCUT2D eigenvalue weighted by Gasteiger charge is -2.35. The molecule has 0 aromatic heterocycles. The maximum atomic E-state index is 13.2. The zero-order valence-corrected chi connectivity index (χ0v) is 21.5. The van der Waals surface area contributed by atoms with Crippen LogP contribution in [0.2, 0.25) is 0 Å². The summed E-state index contributed by atoms with van der Waals surface area (Å²) in [6.45, 7) is -0.0399. The van der Waals surface area contributed by atoms with Gasteiger partial charge in [-0.25, -0.2) is 9.59 Å². The van der Waals surface area contributed by atoms with Crippen LogP contribution < -0.4 is 10.6 Å². The number of nitrogens with one attached hydrogen (secondary N) is 2. The van der Waals surface area contributed by atoms with Crippen LogP contribution in [0.4, 0.5) is 4.79 Å². The van der Waals surface area contributed by atoms with Crippen LogP contribution in [-0.4, -0.2) is 65.0 Å². The van der Waals surface area contributed by atoms with Crippen molar-refractivity contribution >= 4 is 29.8 Å². The van der Waals surface area contributed by atoms with E-state index in [1.54, 1.807) is 36.4 Å². The summed E-state index contributed by atoms with van der Waals surface area (Å²) in [5.74, 6) is -2.93. The van der Waals surface area contributed by atoms with Gasteiger partial charge in [0, 0.05) is 13.0 Å². The van der Waals surface area contributed by atoms with Crippen LogP contribution in [0.25, 0.3) is 0 Å². The number of piperidine rings is 1. The molecule has 1 heterocycles. The Balaban J connectivity index is 1.55. The molecule has 1 saturated heterocycles. The number of esters is 1. The van der Waals surface area contributed by atoms with Crippen molar-refractivity contribution in [3.63, 3.8) is 0 Å². The number of amides is 3. The topological polar surface area (TPSA) is 151 Å². The molecule has 0 bridgehead atoms. The van der Waals surface area contributed by atoms with Gasteiger partial charge in [-0.3, -0.25) is 14.4 Å². The molecule has 1 aliphatic heterocycles. The quantitative estimate of drug-likeness (QED) is 0.348. The van der Waals surface area contributed by atoms with Crippen molar-refractivity contribution in [2.45, 2.75) is 57.4 Å². The third-order valence-corrected chi connectivity index (χ3v) is 6.19. The van der Waals surface area contributed by atoms with Crippen LogP contribution in [-0.2, 0) is 41.9 Å². The predicted molar refractivity (Wildman–Crippen MR) is 139 cm³/mol. The van der Waals surface area contributed by atoms with Gasteiger partial charge in [-0.15, -0.1) is 0 Å². The van der Waals surface area contributed by atoms with E-state index in [2.05, 4.69) is 10.6 Å². The highest BCUT2D eigenvalue weighted by Crippen LogP contribution is 2.18. The molecule has 2 aromatic carbocycles. The minimum Gasteiger partial charge on any atom is -0.481 e. The second-order valence-corrected chi connectivity index (χ2v) is 9.10. The van der Waals surface area contributed by atoms with Gasteiger partial charge < -0.3 is 30.1 Å². The second kappa shape index (κ2) is 15.1. The van der Waals surface area contributed by atoms with E-state index in [0.29, 0.717) is 25.8 Å². The van der Waals surface area contributed by atoms with Gasteiger partial charge in [0.2, 0.25) is 11.8 Å². The zero-order valence-electron chi connectivity index (χ0n) is 21.5. The average Bonchev–Trinajstić information content (AvgIpc) is 2.96. The molecule has 1 fully saturated rings. The summed E-state index contributed by atoms with van der Waals surface area (Å²) < 4.78 is 10.4. The van der Waals surface area contributed by atoms with Crippen LogP contribution in [0, 0.1) is 0 Å². The lowest BCUT2D eigenvalue weighted by molar-refractivity contribution is -0.151. The number of likely N-dealkylation sites (tertiary alicyclic amines) is 1. The first-order valence-corrected chi connectivity index (χ1v) is 12.8. The molecule has 3 amide bonds. The number of rotatable bonds is 12. The molecule has 0 saturated carbocycles. The van der Waals surface area contributed by atoms with Crippen molar-refractivity contribution in [2.24, 2.45) is 0 Å². The molecule has 3 rings (SSSR count). The molecule has 2 aromatic rings. The number of alkyl carbamates (subject to hydrolysis) is 1. The summed E-state index contributed by atoms with van der Waals surface area (Å²) in [4.78, 5) is 63.3. The average molecular weight is 540 g/mol. The van der Waals surface area contributed by atoms with E-state index in [1.165, 1.54) is 4.90 Å². The molecule has 39 heavy (non-hydrogen) atoms. The third-order valence-electron chi connectivity index (χ3n) is 6.19. The largest absolute Gasteiger partial charge is 0.481 e. The Morgan fingerprint density at radius 3 is 2.13 bits per heavy atom. The standard InChI is InChI=1S/C28H33N3O8/c32-24(17-29-28(37)39-19-21-11-5-2-6-12-21)31-16-8-7-13-23(31)26(35)30-22(14-15-25(33)34)27(36)38-18-20-9-3-1-4-10-20/h1-6,9-12,22-23H,7-8,13-19H2,(H,29,37)(H,30,35)(H,33,34)/t22-,23-/m0/s1. The van der Waals surface area contributed by atoms with Crippen LogP contribution in [0.15, 0.2) is 60.7 Å². The minimum atomic E-state index is -1.19. The number of carboxylic acids is 1. The predicted octanol–water partition coefficient (Wildman–Crippen LogP) is 2.39. The molecule has 1 aliphatic rings. The van der Waals surface area contributed by atoms with Gasteiger partial charge in [-0.2, -0.15) is 0 Å². The SMILES string of the molecule is O=C(O)CC[C@H](NC(=O)[C@@H]1CCCCN1C(=O)CNC(=O)OCc1ccccc1)C(=O)OCc1ccccc1. The van der Waals surface area contributed by atoms with Crippen molar-refractivity contribution in [1.29, 1.82) is 0 Å². The number of carbonyl (C=O) groups excluding carboxylic acids is 4. The highest BCUT2D eigenvalue weighted by Gasteiger charge is 2.34. The van der Waals surface area contributed by atoms with Crippen LogP contribution in [0.5, 0.6) is 0 Å². The van der Waals surface area contributed by atoms with Crippen molar-refractivity contribution in [2.75, 3.05) is 13.1 Å². The van der Waals surface area contributed by atoms with Gasteiger partial charge in [0.25, 0.3) is 0 Å². The Bertz CT molecular complexity index is 1130. The lowest BCUT2D eigenvalue weighted by atomic mass is 10.0. The summed E-state index contributed by atoms with van der Waals surface area (Å²) in [5.41, 5.74) is 1.54. The van der Waals surface area contributed by atoms with Gasteiger partial charge in [0.15, 0.2) is 0 Å². The van der Waals surface area contributed by atoms with E-state index in [-0.39, 0.29) is 32.6 Å². The fourth-order valence-electron chi connectivity index (χ4n) is 4.14. The molecule has 0 spiro atoms. The Labute approximate surface area is 226 Å². The summed E-state index contributed by atoms with van der Waals surface area (Å²) in [6.07, 6.45) is 0.445. The number of benzene rings is 2. The van der Waals surface area contributed by atoms with E-state index < -0.39 is 41.9 Å². The number of hydrogen-bond donors (Lipinski definition) is 3. The van der Waals surface area contributed by atoms with Crippen molar-refractivity contribution < 1.29 is 38.6 Å². The molecule has 0 unspecified atom stereocenters. The Morgan fingerprint density at radius 2 is 1.51 bits per heavy atom. The number of hydrogen-bond acceptors (Lipinski definition) is 7. The first-order chi connectivity index (χ1) is 18.8. The second-order valence-electron chi connectivity index (χ2n) is 9.10. The van der Waals surface area contributed by atoms with E-state index >= 15 is 0 Å². The molecular weight excluding hydrogens is 506 g/mol. The van der Waals surface area contributed by atoms with E-state index in [0.717, 1.165) is 11.1 Å². The normalized spacial score (nSPS) is 15.5. The van der Waals surface area contributed by atoms with Gasteiger partial charge in [-0.05, 0) is 36.8 Å². The highest BCUT2D eigenvalue weighted by molar-refractivity contribution is 5.92. The summed E-state index contributed by atoms with van der Waals surface area (Å²) in [6, 6.07) is 16.0. The highest BCUT2D eigenvalue weighted by atomic mass is 16.5. The van der Waals surface area contributed by atoms with Crippen molar-refractivity contribution in [3.05, 3.63) is 71.8 Å². The molecule has 11 heteroatoms. The van der Waals surface area contributed by atoms with Crippen LogP contribution >= 0.6 is 0 Å². The third kappa shape index (κ3) is 9.76. The van der Waals surface area contributed by atoms with Gasteiger partial charge >= 0.3 is 18.0 Å². The van der Waals surface area contributed by atoms with E-state index in [1.807, 2.05) is 24.3 Å². The number of aliphatic carboxylic acids is 1. The lowest BCUT2D eigenvalue weighted by Crippen LogP contribution is -2.56. The van der Waals surface area contributed by atoms with E-state index in [9.17, 15) is 24.0 Å². The molecule has 3 N–H and O–H groups in total. The molecular formula is C28H33N3O8. The van der Waals surface area contributed by atoms with Gasteiger partial charge in [-0.1, -0.05) is 60.7 Å². The molecule has 2 atom stereocenters. The summed E-state index contributed by atoms with van der Waals surface area (Å²) in [5, 5.41) is 14.1. The molecule has 11 nitrogen and oxygen atoms in total. The molecule has 0 radical (unpaired) electrons. The molecule has 0 aliphatic carbocycles. The van der Waals surface area contributed by atoms with Crippen molar-refractivity contribution in [3.8, 4) is 0 Å². The van der Waals surface area contributed by atoms with Gasteiger partial charge in [0.1, 0.15) is 31.8 Å². The van der Waals surface area contributed by atoms with Crippen LogP contribution in [0.1, 0.15) is 43.2 Å². The van der Waals surface area contributed by atoms with Crippen LogP contribution in [0.3, 0.4) is 0 Å². The number of ether oxygens (including phenoxy) is 2. The Hall–Kier alpha value is -4.41. The molecule has 208 valence electrons. The zero-order chi connectivity index (χ0) is 28.0. The number of carboxylic acid groups (broad SMARTS) is 1. The number of carbonyl (C=O) groups is 5. The minimum absolute atomic E-state index is 0.0286. The summed E-state index contributed by atoms with van der Waals surface area (Å²) >= 11 is 0. The first kappa shape index (κ1) is 29.2. The monoisotopic (exact) mass is 539 g/mol. The fraction of sp³-hybridized carbons (Fsp3) is 0.393. The maximum absolute atomic E-state index is 13.2. The summed E-state index contributed by atoms with van der Waals surface area (Å²) in [7, 11) is 0. The smallest absolute Gasteiger partial charge is 0.407 e.